The normalized spacial score (nSPS) is 16.3. The second-order valence-corrected chi connectivity index (χ2v) is 2.76. The van der Waals surface area contributed by atoms with Gasteiger partial charge in [0.05, 0.1) is 0 Å². The molecule has 1 nitrogen and oxygen atoms in total. The lowest BCUT2D eigenvalue weighted by molar-refractivity contribution is 0.457. The van der Waals surface area contributed by atoms with Crippen molar-refractivity contribution >= 4 is 0 Å². The molecule has 0 aromatic rings. The molecule has 0 bridgehead atoms. The third kappa shape index (κ3) is 3.02. The SMILES string of the molecule is C=CC(CC)C(N)CCC. The van der Waals surface area contributed by atoms with Crippen LogP contribution < -0.4 is 5.73 Å². The lowest BCUT2D eigenvalue weighted by Gasteiger charge is -2.17. The van der Waals surface area contributed by atoms with Crippen molar-refractivity contribution in [3.8, 4) is 0 Å². The van der Waals surface area contributed by atoms with Crippen molar-refractivity contribution in [2.45, 2.75) is 39.2 Å². The molecule has 2 N–H and O–H groups in total. The molecule has 0 spiro atoms. The molecule has 10 heavy (non-hydrogen) atoms. The number of rotatable bonds is 5. The van der Waals surface area contributed by atoms with Crippen molar-refractivity contribution in [1.29, 1.82) is 0 Å². The molecule has 0 heterocycles. The van der Waals surface area contributed by atoms with E-state index in [-0.39, 0.29) is 0 Å². The van der Waals surface area contributed by atoms with Crippen LogP contribution in [0.5, 0.6) is 0 Å². The van der Waals surface area contributed by atoms with E-state index in [0.717, 1.165) is 12.8 Å². The molecule has 0 radical (unpaired) electrons. The molecule has 1 heteroatoms. The van der Waals surface area contributed by atoms with E-state index in [0.29, 0.717) is 12.0 Å². The van der Waals surface area contributed by atoms with Crippen LogP contribution in [0.1, 0.15) is 33.1 Å². The summed E-state index contributed by atoms with van der Waals surface area (Å²) in [5.74, 6) is 0.514. The van der Waals surface area contributed by atoms with Gasteiger partial charge in [0.2, 0.25) is 0 Å². The Kier molecular flexibility index (Phi) is 5.32. The fourth-order valence-electron chi connectivity index (χ4n) is 1.19. The summed E-state index contributed by atoms with van der Waals surface area (Å²) >= 11 is 0. The van der Waals surface area contributed by atoms with Gasteiger partial charge in [-0.15, -0.1) is 6.58 Å². The maximum Gasteiger partial charge on any atom is 0.0102 e. The summed E-state index contributed by atoms with van der Waals surface area (Å²) in [7, 11) is 0. The zero-order valence-corrected chi connectivity index (χ0v) is 7.14. The Balaban J connectivity index is 3.63. The van der Waals surface area contributed by atoms with Crippen LogP contribution in [0.3, 0.4) is 0 Å². The van der Waals surface area contributed by atoms with Gasteiger partial charge in [-0.25, -0.2) is 0 Å². The molecule has 0 aliphatic heterocycles. The Morgan fingerprint density at radius 1 is 1.50 bits per heavy atom. The van der Waals surface area contributed by atoms with Crippen LogP contribution in [0.15, 0.2) is 12.7 Å². The first-order valence-electron chi connectivity index (χ1n) is 4.14. The minimum absolute atomic E-state index is 0.326. The van der Waals surface area contributed by atoms with Crippen LogP contribution in [-0.2, 0) is 0 Å². The summed E-state index contributed by atoms with van der Waals surface area (Å²) in [5.41, 5.74) is 5.88. The first-order valence-corrected chi connectivity index (χ1v) is 4.14. The molecule has 0 aromatic heterocycles. The maximum atomic E-state index is 5.88. The van der Waals surface area contributed by atoms with Crippen LogP contribution >= 0.6 is 0 Å². The standard InChI is InChI=1S/C9H19N/c1-4-7-9(10)8(5-2)6-3/h5,8-9H,2,4,6-7,10H2,1,3H3. The highest BCUT2D eigenvalue weighted by atomic mass is 14.6. The van der Waals surface area contributed by atoms with Crippen molar-refractivity contribution in [2.75, 3.05) is 0 Å². The molecule has 0 saturated carbocycles. The summed E-state index contributed by atoms with van der Waals surface area (Å²) < 4.78 is 0. The monoisotopic (exact) mass is 141 g/mol. The van der Waals surface area contributed by atoms with E-state index in [1.165, 1.54) is 6.42 Å². The van der Waals surface area contributed by atoms with Gasteiger partial charge in [-0.05, 0) is 18.8 Å². The van der Waals surface area contributed by atoms with Gasteiger partial charge >= 0.3 is 0 Å². The average molecular weight is 141 g/mol. The van der Waals surface area contributed by atoms with Gasteiger partial charge in [0.15, 0.2) is 0 Å². The lowest BCUT2D eigenvalue weighted by Crippen LogP contribution is -2.27. The number of hydrogen-bond acceptors (Lipinski definition) is 1. The van der Waals surface area contributed by atoms with E-state index in [2.05, 4.69) is 20.4 Å². The Hall–Kier alpha value is -0.300. The van der Waals surface area contributed by atoms with E-state index in [1.807, 2.05) is 6.08 Å². The fourth-order valence-corrected chi connectivity index (χ4v) is 1.19. The minimum Gasteiger partial charge on any atom is -0.327 e. The topological polar surface area (TPSA) is 26.0 Å². The first kappa shape index (κ1) is 9.70. The fraction of sp³-hybridized carbons (Fsp3) is 0.778. The van der Waals surface area contributed by atoms with Gasteiger partial charge in [0.25, 0.3) is 0 Å². The highest BCUT2D eigenvalue weighted by Crippen LogP contribution is 2.11. The first-order chi connectivity index (χ1) is 4.76. The summed E-state index contributed by atoms with van der Waals surface area (Å²) in [6.07, 6.45) is 5.38. The summed E-state index contributed by atoms with van der Waals surface area (Å²) in [5, 5.41) is 0. The maximum absolute atomic E-state index is 5.88. The highest BCUT2D eigenvalue weighted by Gasteiger charge is 2.09. The lowest BCUT2D eigenvalue weighted by atomic mass is 9.94. The van der Waals surface area contributed by atoms with Gasteiger partial charge < -0.3 is 5.73 Å². The third-order valence-corrected chi connectivity index (χ3v) is 1.95. The molecule has 0 aromatic carbocycles. The quantitative estimate of drug-likeness (QED) is 0.584. The highest BCUT2D eigenvalue weighted by molar-refractivity contribution is 4.85. The number of hydrogen-bond donors (Lipinski definition) is 1. The minimum atomic E-state index is 0.326. The van der Waals surface area contributed by atoms with Gasteiger partial charge in [0.1, 0.15) is 0 Å². The van der Waals surface area contributed by atoms with E-state index in [1.54, 1.807) is 0 Å². The molecule has 60 valence electrons. The van der Waals surface area contributed by atoms with Crippen LogP contribution in [-0.4, -0.2) is 6.04 Å². The molecule has 0 aliphatic carbocycles. The van der Waals surface area contributed by atoms with E-state index >= 15 is 0 Å². The van der Waals surface area contributed by atoms with Gasteiger partial charge in [-0.2, -0.15) is 0 Å². The van der Waals surface area contributed by atoms with Gasteiger partial charge in [0, 0.05) is 6.04 Å². The summed E-state index contributed by atoms with van der Waals surface area (Å²) in [6, 6.07) is 0.326. The predicted molar refractivity (Wildman–Crippen MR) is 46.9 cm³/mol. The summed E-state index contributed by atoms with van der Waals surface area (Å²) in [4.78, 5) is 0. The Bertz CT molecular complexity index is 88.7. The van der Waals surface area contributed by atoms with Crippen molar-refractivity contribution in [3.05, 3.63) is 12.7 Å². The Morgan fingerprint density at radius 2 is 2.10 bits per heavy atom. The zero-order chi connectivity index (χ0) is 7.98. The van der Waals surface area contributed by atoms with Crippen molar-refractivity contribution in [3.63, 3.8) is 0 Å². The predicted octanol–water partition coefficient (Wildman–Crippen LogP) is 2.33. The van der Waals surface area contributed by atoms with Gasteiger partial charge in [-0.1, -0.05) is 26.3 Å². The average Bonchev–Trinajstić information content (AvgIpc) is 1.91. The second kappa shape index (κ2) is 5.48. The zero-order valence-electron chi connectivity index (χ0n) is 7.14. The molecular formula is C9H19N. The molecule has 2 atom stereocenters. The van der Waals surface area contributed by atoms with Crippen LogP contribution in [0.4, 0.5) is 0 Å². The van der Waals surface area contributed by atoms with Gasteiger partial charge in [-0.3, -0.25) is 0 Å². The van der Waals surface area contributed by atoms with Crippen LogP contribution in [0, 0.1) is 5.92 Å². The smallest absolute Gasteiger partial charge is 0.0102 e. The van der Waals surface area contributed by atoms with E-state index < -0.39 is 0 Å². The molecule has 0 rings (SSSR count). The van der Waals surface area contributed by atoms with Crippen molar-refractivity contribution in [2.24, 2.45) is 11.7 Å². The second-order valence-electron chi connectivity index (χ2n) is 2.76. The molecule has 0 amide bonds. The number of nitrogens with two attached hydrogens (primary N) is 1. The van der Waals surface area contributed by atoms with E-state index in [4.69, 9.17) is 5.73 Å². The molecule has 2 unspecified atom stereocenters. The van der Waals surface area contributed by atoms with Crippen LogP contribution in [0.25, 0.3) is 0 Å². The van der Waals surface area contributed by atoms with E-state index in [9.17, 15) is 0 Å². The van der Waals surface area contributed by atoms with Crippen molar-refractivity contribution in [1.82, 2.24) is 0 Å². The Morgan fingerprint density at radius 3 is 2.40 bits per heavy atom. The molecule has 0 saturated heterocycles. The molecule has 0 fully saturated rings. The molecule has 0 aliphatic rings. The summed E-state index contributed by atoms with van der Waals surface area (Å²) in [6.45, 7) is 8.07. The largest absolute Gasteiger partial charge is 0.327 e. The van der Waals surface area contributed by atoms with Crippen LogP contribution in [0.2, 0.25) is 0 Å². The van der Waals surface area contributed by atoms with Crippen molar-refractivity contribution < 1.29 is 0 Å². The Labute approximate surface area is 64.3 Å². The molecular weight excluding hydrogens is 122 g/mol. The third-order valence-electron chi connectivity index (χ3n) is 1.95.